The predicted octanol–water partition coefficient (Wildman–Crippen LogP) is 8.52. The van der Waals surface area contributed by atoms with E-state index in [2.05, 4.69) is 30.5 Å². The van der Waals surface area contributed by atoms with Crippen LogP contribution in [0.4, 0.5) is 0 Å². The number of carbonyl (C=O) groups excluding carboxylic acids is 2. The minimum absolute atomic E-state index is 0.273. The second-order valence-electron chi connectivity index (χ2n) is 8.87. The number of thiophene rings is 1. The summed E-state index contributed by atoms with van der Waals surface area (Å²) in [5.41, 5.74) is 6.05. The Labute approximate surface area is 225 Å². The highest BCUT2D eigenvalue weighted by Gasteiger charge is 2.36. The zero-order chi connectivity index (χ0) is 25.9. The van der Waals surface area contributed by atoms with Gasteiger partial charge in [0.25, 0.3) is 0 Å². The Morgan fingerprint density at radius 2 is 1.46 bits per heavy atom. The number of carbonyl (C=O) groups is 2. The number of ether oxygens (including phenoxy) is 2. The molecule has 0 radical (unpaired) electrons. The molecular weight excluding hydrogens is 500 g/mol. The molecule has 6 heteroatoms. The lowest BCUT2D eigenvalue weighted by Crippen LogP contribution is -2.18. The molecule has 0 fully saturated rings. The molecule has 0 amide bonds. The van der Waals surface area contributed by atoms with Gasteiger partial charge in [-0.25, -0.2) is 9.59 Å². The second kappa shape index (κ2) is 11.0. The van der Waals surface area contributed by atoms with E-state index >= 15 is 0 Å². The van der Waals surface area contributed by atoms with Crippen molar-refractivity contribution in [3.05, 3.63) is 82.7 Å². The SMILES string of the molecule is CCCCCc1c(C(=O)OC)c(C(=O)OC)c(-c2ccccc2)c2c1-c1ccccc1Sc1ccsc1-2. The normalized spacial score (nSPS) is 11.6. The third-order valence-corrected chi connectivity index (χ3v) is 8.91. The van der Waals surface area contributed by atoms with Crippen molar-refractivity contribution in [2.45, 2.75) is 42.4 Å². The Kier molecular flexibility index (Phi) is 7.49. The summed E-state index contributed by atoms with van der Waals surface area (Å²) in [5.74, 6) is -1.06. The second-order valence-corrected chi connectivity index (χ2v) is 10.9. The third-order valence-electron chi connectivity index (χ3n) is 6.71. The van der Waals surface area contributed by atoms with Crippen molar-refractivity contribution >= 4 is 35.0 Å². The van der Waals surface area contributed by atoms with E-state index in [1.165, 1.54) is 14.2 Å². The van der Waals surface area contributed by atoms with E-state index in [4.69, 9.17) is 9.47 Å². The summed E-state index contributed by atoms with van der Waals surface area (Å²) in [4.78, 5) is 30.5. The maximum atomic E-state index is 13.6. The molecule has 0 saturated heterocycles. The Morgan fingerprint density at radius 1 is 0.757 bits per heavy atom. The van der Waals surface area contributed by atoms with Crippen LogP contribution in [-0.4, -0.2) is 26.2 Å². The van der Waals surface area contributed by atoms with Crippen LogP contribution in [0.25, 0.3) is 32.7 Å². The van der Waals surface area contributed by atoms with E-state index in [0.29, 0.717) is 17.5 Å². The van der Waals surface area contributed by atoms with Crippen molar-refractivity contribution in [1.82, 2.24) is 0 Å². The van der Waals surface area contributed by atoms with Crippen molar-refractivity contribution < 1.29 is 19.1 Å². The minimum atomic E-state index is -0.540. The zero-order valence-corrected chi connectivity index (χ0v) is 22.8. The smallest absolute Gasteiger partial charge is 0.339 e. The predicted molar refractivity (Wildman–Crippen MR) is 151 cm³/mol. The number of hydrogen-bond donors (Lipinski definition) is 0. The van der Waals surface area contributed by atoms with Crippen molar-refractivity contribution in [3.63, 3.8) is 0 Å². The molecule has 37 heavy (non-hydrogen) atoms. The van der Waals surface area contributed by atoms with Gasteiger partial charge in [0.15, 0.2) is 0 Å². The molecule has 0 N–H and O–H groups in total. The molecule has 1 aromatic heterocycles. The number of hydrogen-bond acceptors (Lipinski definition) is 6. The van der Waals surface area contributed by atoms with E-state index in [9.17, 15) is 9.59 Å². The molecule has 4 aromatic rings. The third kappa shape index (κ3) is 4.49. The van der Waals surface area contributed by atoms with Gasteiger partial charge < -0.3 is 9.47 Å². The fourth-order valence-corrected chi connectivity index (χ4v) is 7.29. The Bertz CT molecular complexity index is 1470. The van der Waals surface area contributed by atoms with Crippen molar-refractivity contribution in [3.8, 4) is 32.7 Å². The molecule has 2 heterocycles. The lowest BCUT2D eigenvalue weighted by atomic mass is 9.79. The summed E-state index contributed by atoms with van der Waals surface area (Å²) in [6.45, 7) is 2.16. The standard InChI is InChI=1S/C31H28O4S2/c1-4-5-7-15-21-25-20-14-10-11-16-22(20)37-23-17-18-36-29(23)27(25)24(19-12-8-6-9-13-19)28(31(33)35-3)26(21)30(32)34-2/h6,8-14,16-18H,4-5,7,15H2,1-3H3. The molecule has 0 atom stereocenters. The van der Waals surface area contributed by atoms with Crippen LogP contribution in [0.3, 0.4) is 0 Å². The molecular formula is C31H28O4S2. The summed E-state index contributed by atoms with van der Waals surface area (Å²) in [6, 6.07) is 20.3. The average molecular weight is 529 g/mol. The summed E-state index contributed by atoms with van der Waals surface area (Å²) in [5, 5.41) is 2.09. The van der Waals surface area contributed by atoms with Gasteiger partial charge >= 0.3 is 11.9 Å². The number of fused-ring (bicyclic) bond motifs is 5. The first-order valence-corrected chi connectivity index (χ1v) is 14.1. The fraction of sp³-hybridized carbons (Fsp3) is 0.226. The quantitative estimate of drug-likeness (QED) is 0.157. The van der Waals surface area contributed by atoms with Crippen LogP contribution in [0.15, 0.2) is 75.8 Å². The summed E-state index contributed by atoms with van der Waals surface area (Å²) in [7, 11) is 2.73. The van der Waals surface area contributed by atoms with Gasteiger partial charge in [-0.05, 0) is 52.6 Å². The zero-order valence-electron chi connectivity index (χ0n) is 21.1. The lowest BCUT2D eigenvalue weighted by Gasteiger charge is -2.25. The molecule has 1 aliphatic heterocycles. The topological polar surface area (TPSA) is 52.6 Å². The Morgan fingerprint density at radius 3 is 2.19 bits per heavy atom. The van der Waals surface area contributed by atoms with Gasteiger partial charge in [-0.3, -0.25) is 0 Å². The van der Waals surface area contributed by atoms with E-state index in [1.807, 2.05) is 42.5 Å². The number of esters is 2. The van der Waals surface area contributed by atoms with Crippen molar-refractivity contribution in [2.24, 2.45) is 0 Å². The summed E-state index contributed by atoms with van der Waals surface area (Å²) in [6.07, 6.45) is 3.61. The first-order valence-electron chi connectivity index (χ1n) is 12.4. The first kappa shape index (κ1) is 25.3. The molecule has 0 aliphatic carbocycles. The van der Waals surface area contributed by atoms with Crippen LogP contribution in [0.1, 0.15) is 52.5 Å². The van der Waals surface area contributed by atoms with Gasteiger partial charge in [0.2, 0.25) is 0 Å². The highest BCUT2D eigenvalue weighted by atomic mass is 32.2. The molecule has 4 nitrogen and oxygen atoms in total. The average Bonchev–Trinajstić information content (AvgIpc) is 3.34. The van der Waals surface area contributed by atoms with E-state index in [-0.39, 0.29) is 5.56 Å². The van der Waals surface area contributed by atoms with Crippen LogP contribution >= 0.6 is 23.1 Å². The fourth-order valence-electron chi connectivity index (χ4n) is 5.10. The van der Waals surface area contributed by atoms with Gasteiger partial charge in [0, 0.05) is 25.8 Å². The Hall–Kier alpha value is -3.35. The number of rotatable bonds is 7. The van der Waals surface area contributed by atoms with Gasteiger partial charge in [-0.1, -0.05) is 80.1 Å². The monoisotopic (exact) mass is 528 g/mol. The van der Waals surface area contributed by atoms with Crippen LogP contribution in [0.5, 0.6) is 0 Å². The molecule has 3 aromatic carbocycles. The van der Waals surface area contributed by atoms with Crippen LogP contribution < -0.4 is 0 Å². The number of unbranched alkanes of at least 4 members (excludes halogenated alkanes) is 2. The summed E-state index contributed by atoms with van der Waals surface area (Å²) >= 11 is 3.38. The number of methoxy groups -OCH3 is 2. The lowest BCUT2D eigenvalue weighted by molar-refractivity contribution is 0.0555. The van der Waals surface area contributed by atoms with Crippen LogP contribution in [0.2, 0.25) is 0 Å². The van der Waals surface area contributed by atoms with E-state index in [0.717, 1.165) is 61.7 Å². The van der Waals surface area contributed by atoms with E-state index in [1.54, 1.807) is 23.1 Å². The summed E-state index contributed by atoms with van der Waals surface area (Å²) < 4.78 is 10.7. The Balaban J connectivity index is 2.05. The van der Waals surface area contributed by atoms with Gasteiger partial charge in [0.05, 0.1) is 25.3 Å². The van der Waals surface area contributed by atoms with Gasteiger partial charge in [-0.15, -0.1) is 11.3 Å². The molecule has 0 bridgehead atoms. The highest BCUT2D eigenvalue weighted by molar-refractivity contribution is 7.99. The molecule has 1 aliphatic rings. The van der Waals surface area contributed by atoms with Crippen molar-refractivity contribution in [2.75, 3.05) is 14.2 Å². The molecule has 0 unspecified atom stereocenters. The van der Waals surface area contributed by atoms with Crippen molar-refractivity contribution in [1.29, 1.82) is 0 Å². The molecule has 0 spiro atoms. The maximum Gasteiger partial charge on any atom is 0.339 e. The number of benzene rings is 3. The van der Waals surface area contributed by atoms with Crippen LogP contribution in [-0.2, 0) is 15.9 Å². The maximum absolute atomic E-state index is 13.6. The van der Waals surface area contributed by atoms with Gasteiger partial charge in [-0.2, -0.15) is 0 Å². The first-order chi connectivity index (χ1) is 18.1. The molecule has 5 rings (SSSR count). The minimum Gasteiger partial charge on any atom is -0.465 e. The van der Waals surface area contributed by atoms with Gasteiger partial charge in [0.1, 0.15) is 0 Å². The van der Waals surface area contributed by atoms with Crippen LogP contribution in [0, 0.1) is 0 Å². The molecule has 188 valence electrons. The van der Waals surface area contributed by atoms with E-state index < -0.39 is 11.9 Å². The largest absolute Gasteiger partial charge is 0.465 e. The molecule has 0 saturated carbocycles. The highest BCUT2D eigenvalue weighted by Crippen LogP contribution is 2.56.